The van der Waals surface area contributed by atoms with E-state index in [0.29, 0.717) is 19.0 Å². The Morgan fingerprint density at radius 3 is 2.23 bits per heavy atom. The molecule has 0 unspecified atom stereocenters. The molecule has 0 heterocycles. The predicted molar refractivity (Wildman–Crippen MR) is 110 cm³/mol. The molecule has 0 saturated heterocycles. The van der Waals surface area contributed by atoms with Gasteiger partial charge in [-0.25, -0.2) is 14.4 Å². The normalized spacial score (nSPS) is 10.1. The number of rotatable bonds is 12. The molecule has 0 saturated carbocycles. The number of benzene rings is 2. The quantitative estimate of drug-likeness (QED) is 0.240. The van der Waals surface area contributed by atoms with Gasteiger partial charge in [0.25, 0.3) is 0 Å². The highest BCUT2D eigenvalue weighted by Crippen LogP contribution is 2.21. The number of hydrogen-bond donors (Lipinski definition) is 1. The third kappa shape index (κ3) is 7.43. The molecule has 2 aromatic carbocycles. The molecule has 2 rings (SSSR count). The van der Waals surface area contributed by atoms with Crippen molar-refractivity contribution in [2.75, 3.05) is 13.2 Å². The highest BCUT2D eigenvalue weighted by atomic mass is 16.5. The maximum absolute atomic E-state index is 12.5. The van der Waals surface area contributed by atoms with E-state index in [2.05, 4.69) is 6.58 Å². The summed E-state index contributed by atoms with van der Waals surface area (Å²) in [5.41, 5.74) is 0.397. The molecule has 0 radical (unpaired) electrons. The van der Waals surface area contributed by atoms with E-state index >= 15 is 0 Å². The van der Waals surface area contributed by atoms with E-state index in [9.17, 15) is 14.4 Å². The molecule has 1 N–H and O–H groups in total. The molecule has 0 aliphatic carbocycles. The first-order valence-corrected chi connectivity index (χ1v) is 9.58. The number of carbonyl (C=O) groups is 3. The van der Waals surface area contributed by atoms with Gasteiger partial charge in [0.2, 0.25) is 0 Å². The van der Waals surface area contributed by atoms with Gasteiger partial charge in [0.05, 0.1) is 18.8 Å². The number of hydrogen-bond acceptors (Lipinski definition) is 6. The van der Waals surface area contributed by atoms with E-state index in [1.807, 2.05) is 0 Å². The molecule has 7 nitrogen and oxygen atoms in total. The highest BCUT2D eigenvalue weighted by Gasteiger charge is 2.15. The molecular formula is C23H24O7. The fourth-order valence-electron chi connectivity index (χ4n) is 2.56. The number of carboxylic acids is 1. The summed E-state index contributed by atoms with van der Waals surface area (Å²) in [6.07, 6.45) is 4.48. The van der Waals surface area contributed by atoms with Gasteiger partial charge in [-0.1, -0.05) is 18.7 Å². The van der Waals surface area contributed by atoms with Crippen LogP contribution in [0.25, 0.3) is 0 Å². The lowest BCUT2D eigenvalue weighted by molar-refractivity contribution is -0.137. The first-order valence-electron chi connectivity index (χ1n) is 9.58. The smallest absolute Gasteiger partial charge is 0.347 e. The average molecular weight is 412 g/mol. The molecule has 0 aliphatic heterocycles. The second-order valence-corrected chi connectivity index (χ2v) is 6.35. The van der Waals surface area contributed by atoms with Gasteiger partial charge < -0.3 is 19.3 Å². The molecule has 7 heteroatoms. The average Bonchev–Trinajstić information content (AvgIpc) is 2.76. The number of carbonyl (C=O) groups excluding carboxylic acids is 2. The van der Waals surface area contributed by atoms with E-state index in [0.717, 1.165) is 31.8 Å². The van der Waals surface area contributed by atoms with Crippen LogP contribution in [0.5, 0.6) is 11.5 Å². The maximum atomic E-state index is 12.5. The van der Waals surface area contributed by atoms with Crippen molar-refractivity contribution in [1.29, 1.82) is 0 Å². The van der Waals surface area contributed by atoms with Crippen LogP contribution in [0.2, 0.25) is 0 Å². The zero-order valence-electron chi connectivity index (χ0n) is 16.5. The Labute approximate surface area is 174 Å². The monoisotopic (exact) mass is 412 g/mol. The van der Waals surface area contributed by atoms with Crippen molar-refractivity contribution in [1.82, 2.24) is 0 Å². The van der Waals surface area contributed by atoms with Crippen LogP contribution in [0.3, 0.4) is 0 Å². The summed E-state index contributed by atoms with van der Waals surface area (Å²) in [6.45, 7) is 4.14. The maximum Gasteiger partial charge on any atom is 0.347 e. The predicted octanol–water partition coefficient (Wildman–Crippen LogP) is 4.27. The second kappa shape index (κ2) is 12.1. The molecule has 0 bridgehead atoms. The van der Waals surface area contributed by atoms with Gasteiger partial charge in [-0.15, -0.1) is 0 Å². The number of esters is 2. The van der Waals surface area contributed by atoms with Crippen LogP contribution in [-0.4, -0.2) is 36.2 Å². The molecule has 0 aromatic heterocycles. The lowest BCUT2D eigenvalue weighted by Gasteiger charge is -2.11. The molecule has 30 heavy (non-hydrogen) atoms. The molecule has 0 atom stereocenters. The van der Waals surface area contributed by atoms with E-state index in [1.165, 1.54) is 24.3 Å². The zero-order valence-corrected chi connectivity index (χ0v) is 16.5. The molecule has 0 spiro atoms. The van der Waals surface area contributed by atoms with Crippen molar-refractivity contribution in [3.63, 3.8) is 0 Å². The molecule has 0 aliphatic rings. The summed E-state index contributed by atoms with van der Waals surface area (Å²) in [5.74, 6) is -1.39. The van der Waals surface area contributed by atoms with Gasteiger partial charge in [-0.2, -0.15) is 0 Å². The van der Waals surface area contributed by atoms with Crippen LogP contribution in [0.4, 0.5) is 0 Å². The first kappa shape index (κ1) is 22.7. The number of carboxylic acid groups (broad SMARTS) is 1. The van der Waals surface area contributed by atoms with E-state index < -0.39 is 17.9 Å². The Kier molecular flexibility index (Phi) is 9.12. The number of unbranched alkanes of at least 4 members (excludes halogenated alkanes) is 3. The van der Waals surface area contributed by atoms with Crippen molar-refractivity contribution in [2.24, 2.45) is 0 Å². The summed E-state index contributed by atoms with van der Waals surface area (Å²) < 4.78 is 16.0. The third-order valence-corrected chi connectivity index (χ3v) is 4.13. The van der Waals surface area contributed by atoms with Crippen LogP contribution < -0.4 is 9.47 Å². The summed E-state index contributed by atoms with van der Waals surface area (Å²) >= 11 is 0. The fraction of sp³-hybridized carbons (Fsp3) is 0.261. The molecule has 158 valence electrons. The summed E-state index contributed by atoms with van der Waals surface area (Å²) in [4.78, 5) is 34.3. The molecular weight excluding hydrogens is 388 g/mol. The van der Waals surface area contributed by atoms with E-state index in [1.54, 1.807) is 24.3 Å². The van der Waals surface area contributed by atoms with Crippen LogP contribution in [0.1, 0.15) is 46.4 Å². The molecule has 2 aromatic rings. The van der Waals surface area contributed by atoms with Crippen LogP contribution in [0.15, 0.2) is 61.2 Å². The van der Waals surface area contributed by atoms with Gasteiger partial charge in [-0.3, -0.25) is 0 Å². The summed E-state index contributed by atoms with van der Waals surface area (Å²) in [7, 11) is 0. The fourth-order valence-corrected chi connectivity index (χ4v) is 2.56. The van der Waals surface area contributed by atoms with E-state index in [-0.39, 0.29) is 16.9 Å². The van der Waals surface area contributed by atoms with Crippen molar-refractivity contribution < 1.29 is 33.7 Å². The van der Waals surface area contributed by atoms with Gasteiger partial charge in [-0.05, 0) is 62.1 Å². The van der Waals surface area contributed by atoms with Gasteiger partial charge >= 0.3 is 17.9 Å². The Hall–Kier alpha value is -3.61. The number of ether oxygens (including phenoxy) is 3. The van der Waals surface area contributed by atoms with Crippen molar-refractivity contribution in [3.8, 4) is 11.5 Å². The minimum atomic E-state index is -1.05. The topological polar surface area (TPSA) is 99.1 Å². The first-order chi connectivity index (χ1) is 14.5. The second-order valence-electron chi connectivity index (χ2n) is 6.35. The largest absolute Gasteiger partial charge is 0.493 e. The Morgan fingerprint density at radius 2 is 1.57 bits per heavy atom. The Balaban J connectivity index is 1.79. The SMILES string of the molecule is C=CC(=O)OCCCCCCOc1ccccc1C(=O)Oc1ccc(C(=O)O)cc1. The third-order valence-electron chi connectivity index (χ3n) is 4.13. The van der Waals surface area contributed by atoms with Crippen molar-refractivity contribution >= 4 is 17.9 Å². The van der Waals surface area contributed by atoms with Crippen LogP contribution in [0, 0.1) is 0 Å². The van der Waals surface area contributed by atoms with Gasteiger partial charge in [0.15, 0.2) is 0 Å². The highest BCUT2D eigenvalue weighted by molar-refractivity contribution is 5.94. The van der Waals surface area contributed by atoms with Crippen LogP contribution in [-0.2, 0) is 9.53 Å². The van der Waals surface area contributed by atoms with Gasteiger partial charge in [0.1, 0.15) is 17.1 Å². The Bertz CT molecular complexity index is 871. The number of para-hydroxylation sites is 1. The summed E-state index contributed by atoms with van der Waals surface area (Å²) in [5, 5.41) is 8.92. The lowest BCUT2D eigenvalue weighted by atomic mass is 10.2. The zero-order chi connectivity index (χ0) is 21.8. The van der Waals surface area contributed by atoms with Crippen LogP contribution >= 0.6 is 0 Å². The summed E-state index contributed by atoms with van der Waals surface area (Å²) in [6, 6.07) is 12.4. The van der Waals surface area contributed by atoms with Gasteiger partial charge in [0, 0.05) is 6.08 Å². The van der Waals surface area contributed by atoms with Crippen molar-refractivity contribution in [2.45, 2.75) is 25.7 Å². The standard InChI is InChI=1S/C23H24O7/c1-2-21(24)29-16-8-4-3-7-15-28-20-10-6-5-9-19(20)23(27)30-18-13-11-17(12-14-18)22(25)26/h2,5-6,9-14H,1,3-4,7-8,15-16H2,(H,25,26). The molecule has 0 fully saturated rings. The van der Waals surface area contributed by atoms with Crippen molar-refractivity contribution in [3.05, 3.63) is 72.3 Å². The minimum absolute atomic E-state index is 0.109. The molecule has 0 amide bonds. The minimum Gasteiger partial charge on any atom is -0.493 e. The Morgan fingerprint density at radius 1 is 0.900 bits per heavy atom. The van der Waals surface area contributed by atoms with E-state index in [4.69, 9.17) is 19.3 Å². The lowest BCUT2D eigenvalue weighted by Crippen LogP contribution is -2.11. The number of aromatic carboxylic acids is 1.